The number of carbonyl (C=O) groups excluding carboxylic acids is 1. The summed E-state index contributed by atoms with van der Waals surface area (Å²) >= 11 is 5.76. The number of benzene rings is 2. The molecule has 27 heavy (non-hydrogen) atoms. The summed E-state index contributed by atoms with van der Waals surface area (Å²) in [4.78, 5) is 19.5. The first-order valence-electron chi connectivity index (χ1n) is 8.72. The quantitative estimate of drug-likeness (QED) is 0.701. The summed E-state index contributed by atoms with van der Waals surface area (Å²) in [5.74, 6) is -1.27. The number of hydrazine groups is 1. The maximum atomic E-state index is 14.6. The Kier molecular flexibility index (Phi) is 4.80. The van der Waals surface area contributed by atoms with Crippen LogP contribution >= 0.6 is 11.6 Å². The fourth-order valence-corrected chi connectivity index (χ4v) is 3.35. The van der Waals surface area contributed by atoms with Crippen molar-refractivity contribution in [3.63, 3.8) is 0 Å². The molecule has 5 nitrogen and oxygen atoms in total. The van der Waals surface area contributed by atoms with E-state index >= 15 is 0 Å². The van der Waals surface area contributed by atoms with Crippen molar-refractivity contribution in [2.75, 3.05) is 13.1 Å². The monoisotopic (exact) mass is 390 g/mol. The minimum Gasteiger partial charge on any atom is -0.338 e. The van der Waals surface area contributed by atoms with Crippen LogP contribution in [-0.4, -0.2) is 34.0 Å². The molecule has 1 saturated heterocycles. The van der Waals surface area contributed by atoms with E-state index in [4.69, 9.17) is 11.6 Å². The minimum atomic E-state index is -0.591. The second kappa shape index (κ2) is 7.25. The van der Waals surface area contributed by atoms with Gasteiger partial charge in [0.15, 0.2) is 0 Å². The molecule has 2 heterocycles. The average Bonchev–Trinajstić information content (AvgIpc) is 3.05. The summed E-state index contributed by atoms with van der Waals surface area (Å²) in [5, 5.41) is 1.81. The number of aromatic amines is 1. The van der Waals surface area contributed by atoms with Crippen LogP contribution in [0.4, 0.5) is 8.78 Å². The number of rotatable bonds is 3. The predicted molar refractivity (Wildman–Crippen MR) is 99.3 cm³/mol. The maximum Gasteiger partial charge on any atom is 0.265 e. The van der Waals surface area contributed by atoms with Gasteiger partial charge in [-0.05, 0) is 37.1 Å². The number of halogens is 3. The Morgan fingerprint density at radius 1 is 1.11 bits per heavy atom. The number of carbonyl (C=O) groups is 1. The number of piperidine rings is 1. The zero-order valence-electron chi connectivity index (χ0n) is 14.4. The normalized spacial score (nSPS) is 15.2. The molecule has 0 unspecified atom stereocenters. The molecule has 8 heteroatoms. The van der Waals surface area contributed by atoms with E-state index in [1.807, 2.05) is 5.01 Å². The number of amides is 1. The number of hydrogen-bond donors (Lipinski definition) is 2. The zero-order valence-corrected chi connectivity index (χ0v) is 15.1. The van der Waals surface area contributed by atoms with Crippen LogP contribution in [0.1, 0.15) is 29.6 Å². The molecule has 1 amide bonds. The van der Waals surface area contributed by atoms with Gasteiger partial charge in [0.2, 0.25) is 0 Å². The van der Waals surface area contributed by atoms with Crippen molar-refractivity contribution in [3.8, 4) is 11.4 Å². The lowest BCUT2D eigenvalue weighted by Crippen LogP contribution is -2.45. The highest BCUT2D eigenvalue weighted by molar-refractivity contribution is 6.31. The number of imidazole rings is 1. The van der Waals surface area contributed by atoms with Crippen molar-refractivity contribution < 1.29 is 13.6 Å². The van der Waals surface area contributed by atoms with E-state index < -0.39 is 11.6 Å². The molecule has 1 aromatic heterocycles. The van der Waals surface area contributed by atoms with Crippen molar-refractivity contribution in [1.82, 2.24) is 20.4 Å². The van der Waals surface area contributed by atoms with Crippen LogP contribution in [0.5, 0.6) is 0 Å². The molecule has 0 atom stereocenters. The highest BCUT2D eigenvalue weighted by atomic mass is 35.5. The van der Waals surface area contributed by atoms with E-state index in [0.29, 0.717) is 11.0 Å². The first kappa shape index (κ1) is 17.9. The van der Waals surface area contributed by atoms with E-state index in [1.165, 1.54) is 24.3 Å². The molecule has 0 spiro atoms. The van der Waals surface area contributed by atoms with Crippen LogP contribution < -0.4 is 5.43 Å². The van der Waals surface area contributed by atoms with Gasteiger partial charge in [0, 0.05) is 24.7 Å². The van der Waals surface area contributed by atoms with Crippen molar-refractivity contribution in [3.05, 3.63) is 52.6 Å². The second-order valence-corrected chi connectivity index (χ2v) is 6.96. The summed E-state index contributed by atoms with van der Waals surface area (Å²) in [7, 11) is 0. The number of H-pyrrole nitrogens is 1. The minimum absolute atomic E-state index is 0.0502. The second-order valence-electron chi connectivity index (χ2n) is 6.55. The number of fused-ring (bicyclic) bond motifs is 1. The molecular formula is C19H17ClF2N4O. The van der Waals surface area contributed by atoms with Crippen LogP contribution in [0, 0.1) is 11.6 Å². The van der Waals surface area contributed by atoms with E-state index in [9.17, 15) is 13.6 Å². The molecule has 1 aliphatic rings. The van der Waals surface area contributed by atoms with Gasteiger partial charge in [0.05, 0.1) is 21.6 Å². The van der Waals surface area contributed by atoms with Crippen molar-refractivity contribution in [1.29, 1.82) is 0 Å². The van der Waals surface area contributed by atoms with Gasteiger partial charge in [-0.25, -0.2) is 18.8 Å². The molecule has 4 rings (SSSR count). The maximum absolute atomic E-state index is 14.6. The molecule has 0 bridgehead atoms. The summed E-state index contributed by atoms with van der Waals surface area (Å²) in [6, 6.07) is 6.79. The van der Waals surface area contributed by atoms with Crippen molar-refractivity contribution in [2.45, 2.75) is 19.3 Å². The fourth-order valence-electron chi connectivity index (χ4n) is 3.19. The van der Waals surface area contributed by atoms with Gasteiger partial charge in [-0.15, -0.1) is 0 Å². The van der Waals surface area contributed by atoms with Gasteiger partial charge in [0.1, 0.15) is 17.5 Å². The molecule has 3 aromatic rings. The lowest BCUT2D eigenvalue weighted by Gasteiger charge is -2.26. The van der Waals surface area contributed by atoms with E-state index in [-0.39, 0.29) is 27.9 Å². The SMILES string of the molecule is O=C(NN1CCCCC1)c1ccc(-c2nc3cc(Cl)c(F)cc3[nH]2)c(F)c1. The Hall–Kier alpha value is -2.51. The summed E-state index contributed by atoms with van der Waals surface area (Å²) < 4.78 is 28.2. The highest BCUT2D eigenvalue weighted by Gasteiger charge is 2.17. The smallest absolute Gasteiger partial charge is 0.265 e. The Labute approximate surface area is 159 Å². The topological polar surface area (TPSA) is 61.0 Å². The van der Waals surface area contributed by atoms with E-state index in [0.717, 1.165) is 32.4 Å². The first-order valence-corrected chi connectivity index (χ1v) is 9.10. The molecule has 2 aromatic carbocycles. The fraction of sp³-hybridized carbons (Fsp3) is 0.263. The molecule has 0 aliphatic carbocycles. The van der Waals surface area contributed by atoms with Crippen LogP contribution in [0.15, 0.2) is 30.3 Å². The molecule has 0 saturated carbocycles. The van der Waals surface area contributed by atoms with Crippen molar-refractivity contribution >= 4 is 28.5 Å². The van der Waals surface area contributed by atoms with Crippen molar-refractivity contribution in [2.24, 2.45) is 0 Å². The van der Waals surface area contributed by atoms with Gasteiger partial charge in [-0.2, -0.15) is 0 Å². The third-order valence-corrected chi connectivity index (χ3v) is 4.92. The molecule has 0 radical (unpaired) electrons. The third-order valence-electron chi connectivity index (χ3n) is 4.63. The van der Waals surface area contributed by atoms with Gasteiger partial charge in [0.25, 0.3) is 5.91 Å². The lowest BCUT2D eigenvalue weighted by atomic mass is 10.1. The predicted octanol–water partition coefficient (Wildman–Crippen LogP) is 4.29. The molecule has 2 N–H and O–H groups in total. The number of nitrogens with one attached hydrogen (secondary N) is 2. The van der Waals surface area contributed by atoms with Gasteiger partial charge in [-0.3, -0.25) is 10.2 Å². The average molecular weight is 391 g/mol. The lowest BCUT2D eigenvalue weighted by molar-refractivity contribution is 0.0749. The van der Waals surface area contributed by atoms with Crippen LogP contribution in [0.3, 0.4) is 0 Å². The molecular weight excluding hydrogens is 374 g/mol. The largest absolute Gasteiger partial charge is 0.338 e. The Bertz CT molecular complexity index is 975. The standard InChI is InChI=1S/C19H17ClF2N4O/c20-13-9-16-17(10-15(13)22)24-18(23-16)12-5-4-11(8-14(12)21)19(27)25-26-6-2-1-3-7-26/h4-5,8-10H,1-3,6-7H2,(H,23,24)(H,25,27). The summed E-state index contributed by atoms with van der Waals surface area (Å²) in [6.45, 7) is 1.59. The molecule has 1 aliphatic heterocycles. The Morgan fingerprint density at radius 2 is 1.89 bits per heavy atom. The zero-order chi connectivity index (χ0) is 19.0. The van der Waals surface area contributed by atoms with Crippen LogP contribution in [0.25, 0.3) is 22.4 Å². The molecule has 140 valence electrons. The summed E-state index contributed by atoms with van der Waals surface area (Å²) in [5.41, 5.74) is 4.07. The van der Waals surface area contributed by atoms with E-state index in [1.54, 1.807) is 6.07 Å². The Balaban J connectivity index is 1.59. The van der Waals surface area contributed by atoms with Crippen LogP contribution in [-0.2, 0) is 0 Å². The highest BCUT2D eigenvalue weighted by Crippen LogP contribution is 2.27. The number of aromatic nitrogens is 2. The Morgan fingerprint density at radius 3 is 2.63 bits per heavy atom. The van der Waals surface area contributed by atoms with Gasteiger partial charge in [-0.1, -0.05) is 18.0 Å². The molecule has 1 fully saturated rings. The number of hydrogen-bond acceptors (Lipinski definition) is 3. The number of nitrogens with zero attached hydrogens (tertiary/aromatic N) is 2. The summed E-state index contributed by atoms with van der Waals surface area (Å²) in [6.07, 6.45) is 3.22. The van der Waals surface area contributed by atoms with Crippen LogP contribution in [0.2, 0.25) is 5.02 Å². The van der Waals surface area contributed by atoms with Gasteiger partial charge < -0.3 is 4.98 Å². The first-order chi connectivity index (χ1) is 13.0. The van der Waals surface area contributed by atoms with Gasteiger partial charge >= 0.3 is 0 Å². The van der Waals surface area contributed by atoms with E-state index in [2.05, 4.69) is 15.4 Å². The third kappa shape index (κ3) is 3.65.